The molecule has 4 rings (SSSR count). The van der Waals surface area contributed by atoms with E-state index in [0.717, 1.165) is 61.7 Å². The van der Waals surface area contributed by atoms with E-state index in [0.29, 0.717) is 23.0 Å². The average molecular weight is 557 g/mol. The Balaban J connectivity index is 1.34. The molecule has 2 aromatic rings. The molecule has 6 nitrogen and oxygen atoms in total. The molecule has 0 amide bonds. The fraction of sp³-hybridized carbons (Fsp3) is 0.533. The summed E-state index contributed by atoms with van der Waals surface area (Å²) in [6.45, 7) is 11.9. The zero-order chi connectivity index (χ0) is 27.2. The quantitative estimate of drug-likeness (QED) is 0.273. The molecule has 2 aliphatic heterocycles. The molecule has 38 heavy (non-hydrogen) atoms. The molecule has 0 bridgehead atoms. The van der Waals surface area contributed by atoms with Crippen molar-refractivity contribution in [2.75, 3.05) is 26.2 Å². The van der Waals surface area contributed by atoms with Gasteiger partial charge in [-0.25, -0.2) is 9.59 Å². The second kappa shape index (κ2) is 12.9. The van der Waals surface area contributed by atoms with Crippen molar-refractivity contribution in [3.05, 3.63) is 59.7 Å². The largest absolute Gasteiger partial charge is 0.456 e. The highest BCUT2D eigenvalue weighted by molar-refractivity contribution is 8.76. The van der Waals surface area contributed by atoms with Gasteiger partial charge in [-0.15, -0.1) is 0 Å². The summed E-state index contributed by atoms with van der Waals surface area (Å²) in [7, 11) is 3.10. The van der Waals surface area contributed by atoms with Crippen molar-refractivity contribution in [2.24, 2.45) is 11.8 Å². The highest BCUT2D eigenvalue weighted by Gasteiger charge is 2.35. The first-order valence-electron chi connectivity index (χ1n) is 13.6. The Labute approximate surface area is 234 Å². The van der Waals surface area contributed by atoms with Gasteiger partial charge < -0.3 is 20.1 Å². The van der Waals surface area contributed by atoms with Crippen LogP contribution in [0.2, 0.25) is 0 Å². The van der Waals surface area contributed by atoms with Gasteiger partial charge in [0.25, 0.3) is 0 Å². The lowest BCUT2D eigenvalue weighted by Crippen LogP contribution is -2.42. The van der Waals surface area contributed by atoms with Crippen LogP contribution < -0.4 is 10.6 Å². The van der Waals surface area contributed by atoms with Crippen LogP contribution in [0.25, 0.3) is 0 Å². The van der Waals surface area contributed by atoms with E-state index >= 15 is 0 Å². The monoisotopic (exact) mass is 556 g/mol. The van der Waals surface area contributed by atoms with Crippen molar-refractivity contribution in [3.63, 3.8) is 0 Å². The first-order valence-corrected chi connectivity index (χ1v) is 15.7. The number of ether oxygens (including phenoxy) is 2. The maximum Gasteiger partial charge on any atom is 0.338 e. The number of carbonyl (C=O) groups is 2. The standard InChI is InChI=1S/C30H40N2O4S2/c1-29(2,23-11-15-31-16-12-23)35-27(33)21-7-5-9-25(19-21)37-38-26-10-6-8-22(20-26)28(34)36-30(3,4)24-13-17-32-18-14-24/h5-10,19-20,23-24,31-32H,11-18H2,1-4H3. The van der Waals surface area contributed by atoms with Crippen LogP contribution >= 0.6 is 21.6 Å². The second-order valence-electron chi connectivity index (χ2n) is 11.3. The molecular weight excluding hydrogens is 516 g/mol. The van der Waals surface area contributed by atoms with Crippen molar-refractivity contribution in [3.8, 4) is 0 Å². The van der Waals surface area contributed by atoms with Gasteiger partial charge in [-0.3, -0.25) is 0 Å². The van der Waals surface area contributed by atoms with E-state index in [1.807, 2.05) is 64.1 Å². The summed E-state index contributed by atoms with van der Waals surface area (Å²) in [6.07, 6.45) is 4.04. The highest BCUT2D eigenvalue weighted by Crippen LogP contribution is 2.39. The summed E-state index contributed by atoms with van der Waals surface area (Å²) in [5.41, 5.74) is 0.0912. The Kier molecular flexibility index (Phi) is 9.84. The van der Waals surface area contributed by atoms with Gasteiger partial charge in [0.15, 0.2) is 0 Å². The summed E-state index contributed by atoms with van der Waals surface area (Å²) in [5.74, 6) is 0.124. The molecule has 0 aliphatic carbocycles. The van der Waals surface area contributed by atoms with Gasteiger partial charge in [0.05, 0.1) is 11.1 Å². The summed E-state index contributed by atoms with van der Waals surface area (Å²) in [4.78, 5) is 27.8. The lowest BCUT2D eigenvalue weighted by Gasteiger charge is -2.36. The van der Waals surface area contributed by atoms with Gasteiger partial charge in [0, 0.05) is 21.6 Å². The van der Waals surface area contributed by atoms with E-state index in [-0.39, 0.29) is 11.9 Å². The molecule has 2 saturated heterocycles. The predicted molar refractivity (Wildman–Crippen MR) is 155 cm³/mol. The van der Waals surface area contributed by atoms with Crippen molar-refractivity contribution in [1.29, 1.82) is 0 Å². The first kappa shape index (κ1) is 29.0. The predicted octanol–water partition coefficient (Wildman–Crippen LogP) is 6.36. The molecule has 8 heteroatoms. The molecule has 206 valence electrons. The molecule has 2 aromatic carbocycles. The Bertz CT molecular complexity index is 1020. The lowest BCUT2D eigenvalue weighted by molar-refractivity contribution is -0.0376. The second-order valence-corrected chi connectivity index (χ2v) is 13.5. The van der Waals surface area contributed by atoms with Gasteiger partial charge in [-0.2, -0.15) is 0 Å². The Hall–Kier alpha value is -2.00. The molecule has 2 heterocycles. The summed E-state index contributed by atoms with van der Waals surface area (Å²) in [5, 5.41) is 6.73. The third-order valence-corrected chi connectivity index (χ3v) is 10.1. The fourth-order valence-electron chi connectivity index (χ4n) is 5.24. The molecule has 0 aromatic heterocycles. The SMILES string of the molecule is CC(C)(OC(=O)c1cccc(SSc2cccc(C(=O)OC(C)(C)C3CCNCC3)c2)c1)C1CCNCC1. The van der Waals surface area contributed by atoms with E-state index in [1.54, 1.807) is 33.7 Å². The van der Waals surface area contributed by atoms with Crippen LogP contribution in [0.1, 0.15) is 74.1 Å². The molecule has 0 spiro atoms. The van der Waals surface area contributed by atoms with Crippen LogP contribution in [0.15, 0.2) is 58.3 Å². The number of hydrogen-bond donors (Lipinski definition) is 2. The van der Waals surface area contributed by atoms with Crippen LogP contribution in [0.5, 0.6) is 0 Å². The molecular formula is C30H40N2O4S2. The van der Waals surface area contributed by atoms with Gasteiger partial charge >= 0.3 is 11.9 Å². The Morgan fingerprint density at radius 3 is 1.42 bits per heavy atom. The summed E-state index contributed by atoms with van der Waals surface area (Å²) >= 11 is 0. The van der Waals surface area contributed by atoms with E-state index in [2.05, 4.69) is 10.6 Å². The number of benzene rings is 2. The average Bonchev–Trinajstić information content (AvgIpc) is 2.93. The zero-order valence-corrected chi connectivity index (χ0v) is 24.5. The molecule has 2 N–H and O–H groups in total. The zero-order valence-electron chi connectivity index (χ0n) is 22.9. The third-order valence-electron chi connectivity index (χ3n) is 7.73. The van der Waals surface area contributed by atoms with Crippen LogP contribution in [-0.2, 0) is 9.47 Å². The maximum absolute atomic E-state index is 13.0. The minimum atomic E-state index is -0.505. The van der Waals surface area contributed by atoms with Gasteiger partial charge in [0.1, 0.15) is 11.2 Å². The lowest BCUT2D eigenvalue weighted by atomic mass is 9.83. The number of piperidine rings is 2. The Morgan fingerprint density at radius 2 is 1.05 bits per heavy atom. The highest BCUT2D eigenvalue weighted by atomic mass is 33.1. The van der Waals surface area contributed by atoms with E-state index in [1.165, 1.54) is 0 Å². The van der Waals surface area contributed by atoms with Crippen LogP contribution in [0, 0.1) is 11.8 Å². The smallest absolute Gasteiger partial charge is 0.338 e. The Morgan fingerprint density at radius 1 is 0.684 bits per heavy atom. The number of esters is 2. The number of nitrogens with one attached hydrogen (secondary N) is 2. The molecule has 2 aliphatic rings. The van der Waals surface area contributed by atoms with Crippen LogP contribution in [0.3, 0.4) is 0 Å². The van der Waals surface area contributed by atoms with Gasteiger partial charge in [-0.05, 0) is 116 Å². The van der Waals surface area contributed by atoms with Crippen LogP contribution in [0.4, 0.5) is 0 Å². The van der Waals surface area contributed by atoms with Crippen LogP contribution in [-0.4, -0.2) is 49.3 Å². The maximum atomic E-state index is 13.0. The van der Waals surface area contributed by atoms with Crippen molar-refractivity contribution in [2.45, 2.75) is 74.4 Å². The molecule has 0 atom stereocenters. The summed E-state index contributed by atoms with van der Waals surface area (Å²) in [6, 6.07) is 15.1. The summed E-state index contributed by atoms with van der Waals surface area (Å²) < 4.78 is 11.9. The number of hydrogen-bond acceptors (Lipinski definition) is 8. The fourth-order valence-corrected chi connectivity index (χ4v) is 7.25. The minimum absolute atomic E-state index is 0.290. The minimum Gasteiger partial charge on any atom is -0.456 e. The van der Waals surface area contributed by atoms with Gasteiger partial charge in [0.2, 0.25) is 0 Å². The molecule has 0 unspecified atom stereocenters. The number of carbonyl (C=O) groups excluding carboxylic acids is 2. The topological polar surface area (TPSA) is 76.7 Å². The van der Waals surface area contributed by atoms with Crippen molar-refractivity contribution >= 4 is 33.5 Å². The first-order chi connectivity index (χ1) is 18.1. The van der Waals surface area contributed by atoms with Crippen molar-refractivity contribution in [1.82, 2.24) is 10.6 Å². The molecule has 2 fully saturated rings. The third kappa shape index (κ3) is 7.78. The normalized spacial score (nSPS) is 17.7. The number of rotatable bonds is 9. The van der Waals surface area contributed by atoms with Crippen molar-refractivity contribution < 1.29 is 19.1 Å². The molecule has 0 saturated carbocycles. The van der Waals surface area contributed by atoms with E-state index < -0.39 is 11.2 Å². The molecule has 0 radical (unpaired) electrons. The van der Waals surface area contributed by atoms with E-state index in [4.69, 9.17) is 9.47 Å². The van der Waals surface area contributed by atoms with E-state index in [9.17, 15) is 9.59 Å². The van der Waals surface area contributed by atoms with Gasteiger partial charge in [-0.1, -0.05) is 33.7 Å².